The number of benzene rings is 1. The molecule has 1 heterocycles. The highest BCUT2D eigenvalue weighted by Gasteiger charge is 2.02. The molecule has 0 bridgehead atoms. The van der Waals surface area contributed by atoms with Crippen LogP contribution in [-0.2, 0) is 0 Å². The Morgan fingerprint density at radius 2 is 1.95 bits per heavy atom. The molecule has 2 aromatic rings. The third kappa shape index (κ3) is 4.91. The Morgan fingerprint density at radius 1 is 1.19 bits per heavy atom. The van der Waals surface area contributed by atoms with E-state index in [9.17, 15) is 0 Å². The summed E-state index contributed by atoms with van der Waals surface area (Å²) in [6.07, 6.45) is 1.59. The molecule has 1 aromatic heterocycles. The van der Waals surface area contributed by atoms with Gasteiger partial charge in [-0.05, 0) is 37.1 Å². The summed E-state index contributed by atoms with van der Waals surface area (Å²) in [4.78, 5) is 4.37. The molecule has 0 aliphatic carbocycles. The van der Waals surface area contributed by atoms with Crippen LogP contribution in [0.15, 0.2) is 30.5 Å². The number of anilines is 3. The van der Waals surface area contributed by atoms with Crippen LogP contribution in [0.3, 0.4) is 0 Å². The molecule has 0 aliphatic heterocycles. The predicted molar refractivity (Wildman–Crippen MR) is 84.0 cm³/mol. The molecule has 0 saturated heterocycles. The van der Waals surface area contributed by atoms with Crippen LogP contribution in [0.2, 0.25) is 0 Å². The second-order valence-corrected chi connectivity index (χ2v) is 5.02. The molecule has 1 aromatic carbocycles. The normalized spacial score (nSPS) is 10.5. The van der Waals surface area contributed by atoms with Gasteiger partial charge in [-0.25, -0.2) is 0 Å². The van der Waals surface area contributed by atoms with Gasteiger partial charge >= 0.3 is 0 Å². The van der Waals surface area contributed by atoms with Crippen molar-refractivity contribution in [3.63, 3.8) is 0 Å². The van der Waals surface area contributed by atoms with Crippen LogP contribution in [0.1, 0.15) is 20.8 Å². The van der Waals surface area contributed by atoms with Gasteiger partial charge in [-0.2, -0.15) is 10.1 Å². The minimum Gasteiger partial charge on any atom is -0.494 e. The number of ether oxygens (including phenoxy) is 1. The average molecular weight is 287 g/mol. The standard InChI is InChI=1S/C15H21N5O/c1-4-21-13-7-5-12(6-8-13)18-14-10-17-20-15(19-14)16-9-11(2)3/h5-8,10-11H,4,9H2,1-3H3,(H2,16,18,19,20). The summed E-state index contributed by atoms with van der Waals surface area (Å²) in [6, 6.07) is 7.71. The second kappa shape index (κ2) is 7.42. The Morgan fingerprint density at radius 3 is 2.62 bits per heavy atom. The van der Waals surface area contributed by atoms with Gasteiger partial charge in [0.25, 0.3) is 0 Å². The van der Waals surface area contributed by atoms with E-state index in [4.69, 9.17) is 4.74 Å². The van der Waals surface area contributed by atoms with Gasteiger partial charge in [0, 0.05) is 12.2 Å². The van der Waals surface area contributed by atoms with E-state index >= 15 is 0 Å². The minimum atomic E-state index is 0.524. The van der Waals surface area contributed by atoms with Gasteiger partial charge in [0.15, 0.2) is 5.82 Å². The number of hydrogen-bond donors (Lipinski definition) is 2. The van der Waals surface area contributed by atoms with Crippen molar-refractivity contribution in [1.29, 1.82) is 0 Å². The fourth-order valence-corrected chi connectivity index (χ4v) is 1.68. The van der Waals surface area contributed by atoms with Crippen molar-refractivity contribution >= 4 is 17.5 Å². The molecular weight excluding hydrogens is 266 g/mol. The third-order valence-corrected chi connectivity index (χ3v) is 2.66. The molecule has 0 fully saturated rings. The molecule has 21 heavy (non-hydrogen) atoms. The maximum absolute atomic E-state index is 5.41. The largest absolute Gasteiger partial charge is 0.494 e. The van der Waals surface area contributed by atoms with Crippen LogP contribution >= 0.6 is 0 Å². The van der Waals surface area contributed by atoms with E-state index in [1.165, 1.54) is 0 Å². The van der Waals surface area contributed by atoms with Crippen molar-refractivity contribution in [1.82, 2.24) is 15.2 Å². The van der Waals surface area contributed by atoms with E-state index in [-0.39, 0.29) is 0 Å². The Labute approximate surface area is 125 Å². The van der Waals surface area contributed by atoms with E-state index in [1.54, 1.807) is 6.20 Å². The molecule has 0 unspecified atom stereocenters. The Bertz CT molecular complexity index is 556. The Hall–Kier alpha value is -2.37. The van der Waals surface area contributed by atoms with Gasteiger partial charge in [-0.1, -0.05) is 13.8 Å². The lowest BCUT2D eigenvalue weighted by atomic mass is 10.2. The molecular formula is C15H21N5O. The molecule has 2 rings (SSSR count). The van der Waals surface area contributed by atoms with Gasteiger partial charge in [-0.3, -0.25) is 0 Å². The molecule has 112 valence electrons. The van der Waals surface area contributed by atoms with Gasteiger partial charge < -0.3 is 15.4 Å². The van der Waals surface area contributed by atoms with Crippen molar-refractivity contribution in [3.05, 3.63) is 30.5 Å². The number of hydrogen-bond acceptors (Lipinski definition) is 6. The lowest BCUT2D eigenvalue weighted by molar-refractivity contribution is 0.340. The first kappa shape index (κ1) is 15.0. The van der Waals surface area contributed by atoms with Crippen molar-refractivity contribution in [3.8, 4) is 5.75 Å². The first-order chi connectivity index (χ1) is 10.2. The smallest absolute Gasteiger partial charge is 0.244 e. The fraction of sp³-hybridized carbons (Fsp3) is 0.400. The van der Waals surface area contributed by atoms with Gasteiger partial charge in [0.2, 0.25) is 5.95 Å². The highest BCUT2D eigenvalue weighted by atomic mass is 16.5. The molecule has 0 aliphatic rings. The number of nitrogens with one attached hydrogen (secondary N) is 2. The average Bonchev–Trinajstić information content (AvgIpc) is 2.48. The number of nitrogens with zero attached hydrogens (tertiary/aromatic N) is 3. The maximum atomic E-state index is 5.41. The van der Waals surface area contributed by atoms with Crippen LogP contribution in [0.25, 0.3) is 0 Å². The molecule has 0 amide bonds. The maximum Gasteiger partial charge on any atom is 0.244 e. The van der Waals surface area contributed by atoms with Crippen molar-refractivity contribution in [2.45, 2.75) is 20.8 Å². The molecule has 6 heteroatoms. The highest BCUT2D eigenvalue weighted by Crippen LogP contribution is 2.18. The number of rotatable bonds is 7. The molecule has 0 atom stereocenters. The van der Waals surface area contributed by atoms with Crippen LogP contribution in [0, 0.1) is 5.92 Å². The monoisotopic (exact) mass is 287 g/mol. The van der Waals surface area contributed by atoms with Gasteiger partial charge in [0.05, 0.1) is 12.8 Å². The van der Waals surface area contributed by atoms with Crippen LogP contribution in [0.5, 0.6) is 5.75 Å². The summed E-state index contributed by atoms with van der Waals surface area (Å²) >= 11 is 0. The van der Waals surface area contributed by atoms with Crippen LogP contribution < -0.4 is 15.4 Å². The summed E-state index contributed by atoms with van der Waals surface area (Å²) in [5, 5.41) is 14.2. The van der Waals surface area contributed by atoms with Crippen LogP contribution in [-0.4, -0.2) is 28.3 Å². The summed E-state index contributed by atoms with van der Waals surface area (Å²) in [5.41, 5.74) is 0.925. The van der Waals surface area contributed by atoms with Gasteiger partial charge in [0.1, 0.15) is 5.75 Å². The highest BCUT2D eigenvalue weighted by molar-refractivity contribution is 5.57. The fourth-order valence-electron chi connectivity index (χ4n) is 1.68. The Balaban J connectivity index is 2.00. The quantitative estimate of drug-likeness (QED) is 0.815. The molecule has 2 N–H and O–H groups in total. The Kier molecular flexibility index (Phi) is 5.31. The first-order valence-electron chi connectivity index (χ1n) is 7.11. The van der Waals surface area contributed by atoms with Crippen LogP contribution in [0.4, 0.5) is 17.5 Å². The summed E-state index contributed by atoms with van der Waals surface area (Å²) in [6.45, 7) is 7.69. The third-order valence-electron chi connectivity index (χ3n) is 2.66. The molecule has 0 radical (unpaired) electrons. The topological polar surface area (TPSA) is 72.0 Å². The zero-order valence-corrected chi connectivity index (χ0v) is 12.6. The summed E-state index contributed by atoms with van der Waals surface area (Å²) < 4.78 is 5.41. The van der Waals surface area contributed by atoms with E-state index < -0.39 is 0 Å². The summed E-state index contributed by atoms with van der Waals surface area (Å²) in [7, 11) is 0. The van der Waals surface area contributed by atoms with Crippen molar-refractivity contribution in [2.24, 2.45) is 5.92 Å². The van der Waals surface area contributed by atoms with Gasteiger partial charge in [-0.15, -0.1) is 5.10 Å². The van der Waals surface area contributed by atoms with E-state index in [1.807, 2.05) is 31.2 Å². The lowest BCUT2D eigenvalue weighted by Gasteiger charge is -2.09. The number of aromatic nitrogens is 3. The molecule has 0 saturated carbocycles. The molecule has 6 nitrogen and oxygen atoms in total. The zero-order chi connectivity index (χ0) is 15.1. The lowest BCUT2D eigenvalue weighted by Crippen LogP contribution is -2.11. The van der Waals surface area contributed by atoms with E-state index in [0.717, 1.165) is 18.0 Å². The first-order valence-corrected chi connectivity index (χ1v) is 7.11. The predicted octanol–water partition coefficient (Wildman–Crippen LogP) is 3.08. The SMILES string of the molecule is CCOc1ccc(Nc2cnnc(NCC(C)C)n2)cc1. The van der Waals surface area contributed by atoms with Crippen molar-refractivity contribution in [2.75, 3.05) is 23.8 Å². The minimum absolute atomic E-state index is 0.524. The zero-order valence-electron chi connectivity index (χ0n) is 12.6. The van der Waals surface area contributed by atoms with E-state index in [0.29, 0.717) is 24.3 Å². The van der Waals surface area contributed by atoms with E-state index in [2.05, 4.69) is 39.7 Å². The summed E-state index contributed by atoms with van der Waals surface area (Å²) in [5.74, 6) is 2.56. The second-order valence-electron chi connectivity index (χ2n) is 5.02. The van der Waals surface area contributed by atoms with Crippen molar-refractivity contribution < 1.29 is 4.74 Å². The molecule has 0 spiro atoms.